The van der Waals surface area contributed by atoms with Gasteiger partial charge in [-0.05, 0) is 123 Å². The number of hydrogen-bond donors (Lipinski definition) is 0. The van der Waals surface area contributed by atoms with Crippen LogP contribution in [-0.2, 0) is 6.42 Å². The monoisotopic (exact) mass is 585 g/mol. The molecule has 1 unspecified atom stereocenters. The van der Waals surface area contributed by atoms with Gasteiger partial charge in [-0.1, -0.05) is 97.1 Å². The van der Waals surface area contributed by atoms with Crippen LogP contribution in [0.15, 0.2) is 139 Å². The molecule has 0 radical (unpaired) electrons. The summed E-state index contributed by atoms with van der Waals surface area (Å²) in [5.74, 6) is 0.481. The van der Waals surface area contributed by atoms with Crippen molar-refractivity contribution in [2.24, 2.45) is 0 Å². The van der Waals surface area contributed by atoms with Gasteiger partial charge in [0, 0.05) is 27.5 Å². The van der Waals surface area contributed by atoms with Gasteiger partial charge in [0.05, 0.1) is 16.6 Å². The Labute approximate surface area is 268 Å². The molecule has 1 heteroatoms. The van der Waals surface area contributed by atoms with Crippen LogP contribution in [0.1, 0.15) is 41.9 Å². The van der Waals surface area contributed by atoms with E-state index in [2.05, 4.69) is 138 Å². The minimum atomic E-state index is 0.481. The van der Waals surface area contributed by atoms with Gasteiger partial charge >= 0.3 is 0 Å². The van der Waals surface area contributed by atoms with Crippen LogP contribution in [0, 0.1) is 0 Å². The van der Waals surface area contributed by atoms with E-state index >= 15 is 0 Å². The van der Waals surface area contributed by atoms with Gasteiger partial charge in [-0.15, -0.1) is 0 Å². The lowest BCUT2D eigenvalue weighted by Crippen LogP contribution is -1.99. The number of aryl methyl sites for hydroxylation is 1. The van der Waals surface area contributed by atoms with Crippen LogP contribution >= 0.6 is 0 Å². The summed E-state index contributed by atoms with van der Waals surface area (Å²) in [7, 11) is 0. The molecule has 1 atom stereocenters. The predicted octanol–water partition coefficient (Wildman–Crippen LogP) is 12.0. The van der Waals surface area contributed by atoms with Gasteiger partial charge in [-0.25, -0.2) is 0 Å². The summed E-state index contributed by atoms with van der Waals surface area (Å²) in [5, 5.41) is 5.34. The first-order valence-electron chi connectivity index (χ1n) is 16.8. The second kappa shape index (κ2) is 9.08. The second-order valence-electron chi connectivity index (χ2n) is 13.5. The Hall–Kier alpha value is -5.40. The summed E-state index contributed by atoms with van der Waals surface area (Å²) in [4.78, 5) is 0. The lowest BCUT2D eigenvalue weighted by molar-refractivity contribution is 0.733. The first-order chi connectivity index (χ1) is 22.8. The highest BCUT2D eigenvalue weighted by molar-refractivity contribution is 6.23. The largest absolute Gasteiger partial charge is 0.308 e. The molecule has 11 rings (SSSR count). The zero-order valence-corrected chi connectivity index (χ0v) is 25.6. The lowest BCUT2D eigenvalue weighted by Gasteiger charge is -2.18. The van der Waals surface area contributed by atoms with E-state index in [1.807, 2.05) is 0 Å². The predicted molar refractivity (Wildman–Crippen MR) is 194 cm³/mol. The fraction of sp³-hybridized carbons (Fsp3) is 0.111. The van der Waals surface area contributed by atoms with Gasteiger partial charge < -0.3 is 4.40 Å². The number of fused-ring (bicyclic) bond motifs is 10. The molecule has 3 aliphatic rings. The topological polar surface area (TPSA) is 4.41 Å². The van der Waals surface area contributed by atoms with Crippen LogP contribution in [0.5, 0.6) is 0 Å². The number of rotatable bonds is 2. The molecule has 46 heavy (non-hydrogen) atoms. The Balaban J connectivity index is 1.17. The summed E-state index contributed by atoms with van der Waals surface area (Å²) in [6, 6.07) is 46.0. The molecule has 0 saturated carbocycles. The van der Waals surface area contributed by atoms with Crippen molar-refractivity contribution in [1.82, 2.24) is 4.40 Å². The number of nitrogens with zero attached hydrogens (tertiary/aromatic N) is 1. The first kappa shape index (κ1) is 24.9. The maximum atomic E-state index is 2.53. The molecule has 0 bridgehead atoms. The molecular formula is C45H31N. The van der Waals surface area contributed by atoms with Crippen molar-refractivity contribution in [3.8, 4) is 33.4 Å². The van der Waals surface area contributed by atoms with Crippen molar-refractivity contribution in [1.29, 1.82) is 0 Å². The van der Waals surface area contributed by atoms with Crippen molar-refractivity contribution in [2.75, 3.05) is 0 Å². The molecule has 0 amide bonds. The molecule has 0 aliphatic heterocycles. The fourth-order valence-corrected chi connectivity index (χ4v) is 9.19. The van der Waals surface area contributed by atoms with E-state index in [0.717, 1.165) is 19.3 Å². The summed E-state index contributed by atoms with van der Waals surface area (Å²) in [6.45, 7) is 0. The van der Waals surface area contributed by atoms with E-state index in [1.165, 1.54) is 89.0 Å². The van der Waals surface area contributed by atoms with Gasteiger partial charge in [0.1, 0.15) is 0 Å². The molecule has 3 aliphatic carbocycles. The highest BCUT2D eigenvalue weighted by Gasteiger charge is 2.36. The molecule has 0 saturated heterocycles. The maximum absolute atomic E-state index is 2.53. The number of para-hydroxylation sites is 2. The van der Waals surface area contributed by atoms with Gasteiger partial charge in [-0.3, -0.25) is 0 Å². The van der Waals surface area contributed by atoms with Crippen LogP contribution in [0.4, 0.5) is 0 Å². The number of allylic oxidation sites excluding steroid dienone is 4. The minimum absolute atomic E-state index is 0.481. The molecule has 0 fully saturated rings. The Bertz CT molecular complexity index is 2630. The van der Waals surface area contributed by atoms with Crippen molar-refractivity contribution in [3.63, 3.8) is 0 Å². The molecule has 6 aromatic carbocycles. The maximum Gasteiger partial charge on any atom is 0.0620 e. The van der Waals surface area contributed by atoms with E-state index in [0.29, 0.717) is 5.92 Å². The van der Waals surface area contributed by atoms with Crippen molar-refractivity contribution < 1.29 is 0 Å². The summed E-state index contributed by atoms with van der Waals surface area (Å²) < 4.78 is 2.48. The van der Waals surface area contributed by atoms with E-state index in [-0.39, 0.29) is 0 Å². The second-order valence-corrected chi connectivity index (χ2v) is 13.5. The van der Waals surface area contributed by atoms with Gasteiger partial charge in [-0.2, -0.15) is 0 Å². The molecule has 216 valence electrons. The van der Waals surface area contributed by atoms with Crippen LogP contribution in [0.3, 0.4) is 0 Å². The highest BCUT2D eigenvalue weighted by atomic mass is 14.9. The third kappa shape index (κ3) is 3.25. The molecule has 8 aromatic rings. The minimum Gasteiger partial charge on any atom is -0.308 e. The molecule has 2 heterocycles. The van der Waals surface area contributed by atoms with Gasteiger partial charge in [0.2, 0.25) is 0 Å². The highest BCUT2D eigenvalue weighted by Crippen LogP contribution is 2.55. The van der Waals surface area contributed by atoms with Crippen LogP contribution in [0.2, 0.25) is 0 Å². The summed E-state index contributed by atoms with van der Waals surface area (Å²) in [6.07, 6.45) is 9.41. The third-order valence-corrected chi connectivity index (χ3v) is 11.2. The number of hydrogen-bond acceptors (Lipinski definition) is 0. The smallest absolute Gasteiger partial charge is 0.0620 e. The van der Waals surface area contributed by atoms with Crippen LogP contribution in [0.25, 0.3) is 77.0 Å². The number of benzene rings is 6. The standard InChI is InChI=1S/C45H31N/c1-2-9-27(10-3-1)29-18-17-28-19-21-35-32-11-4-5-12-33(32)40-25-31(26-41(44(35)40)38(28)23-29)30-20-22-43-39(24-30)37-15-8-14-36-34-13-6-7-16-42(34)46(43)45(36)37/h1-4,6-11,13-18,20,22-26,35H,5,12,19,21H2. The first-order valence-corrected chi connectivity index (χ1v) is 16.8. The SMILES string of the molecule is C1=CC2=C(CC1)c1cc(-c3ccc4c(c3)c3cccc5c6ccccc6n4c53)cc3c1C2CCc1ccc(-c2ccccc2)cc1-3. The van der Waals surface area contributed by atoms with E-state index < -0.39 is 0 Å². The van der Waals surface area contributed by atoms with Crippen LogP contribution < -0.4 is 0 Å². The number of aromatic nitrogens is 1. The van der Waals surface area contributed by atoms with Gasteiger partial charge in [0.25, 0.3) is 0 Å². The summed E-state index contributed by atoms with van der Waals surface area (Å²) in [5.41, 5.74) is 19.7. The fourth-order valence-electron chi connectivity index (χ4n) is 9.19. The zero-order valence-electron chi connectivity index (χ0n) is 25.6. The molecule has 0 spiro atoms. The average molecular weight is 586 g/mol. The molecule has 0 N–H and O–H groups in total. The third-order valence-electron chi connectivity index (χ3n) is 11.2. The quantitative estimate of drug-likeness (QED) is 0.190. The van der Waals surface area contributed by atoms with Crippen molar-refractivity contribution >= 4 is 43.7 Å². The van der Waals surface area contributed by atoms with E-state index in [1.54, 1.807) is 16.7 Å². The van der Waals surface area contributed by atoms with E-state index in [4.69, 9.17) is 0 Å². The van der Waals surface area contributed by atoms with Crippen molar-refractivity contribution in [2.45, 2.75) is 31.6 Å². The van der Waals surface area contributed by atoms with Crippen LogP contribution in [-0.4, -0.2) is 4.40 Å². The van der Waals surface area contributed by atoms with Gasteiger partial charge in [0.15, 0.2) is 0 Å². The zero-order chi connectivity index (χ0) is 29.9. The lowest BCUT2D eigenvalue weighted by atomic mass is 9.86. The average Bonchev–Trinajstić information content (AvgIpc) is 3.71. The Morgan fingerprint density at radius 2 is 1.26 bits per heavy atom. The molecule has 1 nitrogen and oxygen atoms in total. The Morgan fingerprint density at radius 1 is 0.522 bits per heavy atom. The Kier molecular flexibility index (Phi) is 4.91. The Morgan fingerprint density at radius 3 is 2.20 bits per heavy atom. The summed E-state index contributed by atoms with van der Waals surface area (Å²) >= 11 is 0. The normalized spacial score (nSPS) is 16.8. The van der Waals surface area contributed by atoms with Crippen molar-refractivity contribution in [3.05, 3.63) is 156 Å². The molecule has 2 aromatic heterocycles. The van der Waals surface area contributed by atoms with E-state index in [9.17, 15) is 0 Å². The molecular weight excluding hydrogens is 555 g/mol.